The third-order valence-electron chi connectivity index (χ3n) is 1.05. The summed E-state index contributed by atoms with van der Waals surface area (Å²) in [6, 6.07) is 1.81. The van der Waals surface area contributed by atoms with Crippen molar-refractivity contribution in [3.05, 3.63) is 12.2 Å². The minimum Gasteiger partial charge on any atom is -0.389 e. The number of hydrogen-bond donors (Lipinski definition) is 1. The van der Waals surface area contributed by atoms with E-state index in [2.05, 4.69) is 0 Å². The highest BCUT2D eigenvalue weighted by molar-refractivity contribution is 5.04. The zero-order chi connectivity index (χ0) is 7.28. The molecule has 1 unspecified atom stereocenters. The Morgan fingerprint density at radius 3 is 2.44 bits per heavy atom. The molecule has 0 rings (SSSR count). The number of hydrogen-bond acceptors (Lipinski definition) is 2. The molecule has 0 aromatic heterocycles. The molecule has 2 nitrogen and oxygen atoms in total. The molecule has 0 saturated carbocycles. The van der Waals surface area contributed by atoms with Crippen LogP contribution in [0.25, 0.3) is 0 Å². The first-order valence-corrected chi connectivity index (χ1v) is 2.93. The number of aliphatic hydroxyl groups is 1. The van der Waals surface area contributed by atoms with Gasteiger partial charge >= 0.3 is 0 Å². The molecule has 1 N–H and O–H groups in total. The molecule has 0 fully saturated rings. The van der Waals surface area contributed by atoms with Gasteiger partial charge in [-0.05, 0) is 12.0 Å². The second-order valence-electron chi connectivity index (χ2n) is 2.22. The third-order valence-corrected chi connectivity index (χ3v) is 1.05. The van der Waals surface area contributed by atoms with Gasteiger partial charge in [-0.25, -0.2) is 0 Å². The SMILES string of the molecule is CC(C)C(O)/C=C/C#N. The number of allylic oxidation sites excluding steroid dienone is 1. The second-order valence-corrected chi connectivity index (χ2v) is 2.22. The Labute approximate surface area is 55.4 Å². The highest BCUT2D eigenvalue weighted by atomic mass is 16.3. The van der Waals surface area contributed by atoms with Crippen LogP contribution in [0.1, 0.15) is 13.8 Å². The quantitative estimate of drug-likeness (QED) is 0.561. The van der Waals surface area contributed by atoms with E-state index in [1.54, 1.807) is 0 Å². The second kappa shape index (κ2) is 4.11. The van der Waals surface area contributed by atoms with E-state index in [0.29, 0.717) is 0 Å². The van der Waals surface area contributed by atoms with Crippen LogP contribution in [0.2, 0.25) is 0 Å². The number of nitriles is 1. The Bertz CT molecular complexity index is 132. The van der Waals surface area contributed by atoms with E-state index in [-0.39, 0.29) is 5.92 Å². The molecule has 0 amide bonds. The summed E-state index contributed by atoms with van der Waals surface area (Å²) in [7, 11) is 0. The van der Waals surface area contributed by atoms with Crippen LogP contribution in [0.15, 0.2) is 12.2 Å². The lowest BCUT2D eigenvalue weighted by Crippen LogP contribution is -2.10. The minimum absolute atomic E-state index is 0.189. The Morgan fingerprint density at radius 1 is 1.56 bits per heavy atom. The zero-order valence-electron chi connectivity index (χ0n) is 5.70. The predicted octanol–water partition coefficient (Wildman–Crippen LogP) is 1.08. The lowest BCUT2D eigenvalue weighted by Gasteiger charge is -2.06. The lowest BCUT2D eigenvalue weighted by atomic mass is 10.1. The summed E-state index contributed by atoms with van der Waals surface area (Å²) in [4.78, 5) is 0. The lowest BCUT2D eigenvalue weighted by molar-refractivity contribution is 0.172. The molecule has 0 aliphatic heterocycles. The smallest absolute Gasteiger partial charge is 0.0909 e. The molecule has 9 heavy (non-hydrogen) atoms. The van der Waals surface area contributed by atoms with Crippen LogP contribution in [-0.4, -0.2) is 11.2 Å². The van der Waals surface area contributed by atoms with Crippen LogP contribution in [0.4, 0.5) is 0 Å². The van der Waals surface area contributed by atoms with Crippen molar-refractivity contribution in [3.63, 3.8) is 0 Å². The molecule has 0 aromatic carbocycles. The normalized spacial score (nSPS) is 14.1. The van der Waals surface area contributed by atoms with Crippen molar-refractivity contribution < 1.29 is 5.11 Å². The van der Waals surface area contributed by atoms with Gasteiger partial charge in [0.15, 0.2) is 0 Å². The molecule has 0 radical (unpaired) electrons. The molecule has 2 heteroatoms. The van der Waals surface area contributed by atoms with Crippen molar-refractivity contribution in [2.75, 3.05) is 0 Å². The summed E-state index contributed by atoms with van der Waals surface area (Å²) in [6.45, 7) is 3.79. The van der Waals surface area contributed by atoms with Crippen LogP contribution in [0, 0.1) is 17.2 Å². The van der Waals surface area contributed by atoms with E-state index in [1.807, 2.05) is 19.9 Å². The average molecular weight is 125 g/mol. The molecule has 0 aliphatic rings. The Hall–Kier alpha value is -0.810. The Kier molecular flexibility index (Phi) is 3.74. The highest BCUT2D eigenvalue weighted by Crippen LogP contribution is 2.00. The largest absolute Gasteiger partial charge is 0.389 e. The van der Waals surface area contributed by atoms with Crippen molar-refractivity contribution in [2.45, 2.75) is 20.0 Å². The van der Waals surface area contributed by atoms with E-state index < -0.39 is 6.10 Å². The summed E-state index contributed by atoms with van der Waals surface area (Å²) in [5.74, 6) is 0.189. The van der Waals surface area contributed by atoms with Gasteiger partial charge in [-0.3, -0.25) is 0 Å². The first kappa shape index (κ1) is 8.19. The van der Waals surface area contributed by atoms with Crippen molar-refractivity contribution in [1.82, 2.24) is 0 Å². The molecule has 0 aliphatic carbocycles. The van der Waals surface area contributed by atoms with Crippen LogP contribution in [0.5, 0.6) is 0 Å². The Morgan fingerprint density at radius 2 is 2.11 bits per heavy atom. The number of rotatable bonds is 2. The molecule has 0 aromatic rings. The van der Waals surface area contributed by atoms with Crippen molar-refractivity contribution in [3.8, 4) is 6.07 Å². The van der Waals surface area contributed by atoms with Gasteiger partial charge < -0.3 is 5.11 Å². The van der Waals surface area contributed by atoms with Gasteiger partial charge in [-0.15, -0.1) is 0 Å². The van der Waals surface area contributed by atoms with Crippen LogP contribution < -0.4 is 0 Å². The van der Waals surface area contributed by atoms with E-state index in [4.69, 9.17) is 10.4 Å². The molecule has 1 atom stereocenters. The van der Waals surface area contributed by atoms with Gasteiger partial charge in [0, 0.05) is 6.08 Å². The van der Waals surface area contributed by atoms with Gasteiger partial charge in [0.25, 0.3) is 0 Å². The topological polar surface area (TPSA) is 44.0 Å². The zero-order valence-corrected chi connectivity index (χ0v) is 5.70. The van der Waals surface area contributed by atoms with Gasteiger partial charge in [0.1, 0.15) is 0 Å². The van der Waals surface area contributed by atoms with Gasteiger partial charge in [-0.2, -0.15) is 5.26 Å². The fraction of sp³-hybridized carbons (Fsp3) is 0.571. The molecule has 0 bridgehead atoms. The fourth-order valence-corrected chi connectivity index (χ4v) is 0.364. The minimum atomic E-state index is -0.482. The van der Waals surface area contributed by atoms with Gasteiger partial charge in [-0.1, -0.05) is 13.8 Å². The summed E-state index contributed by atoms with van der Waals surface area (Å²) in [6.07, 6.45) is 2.31. The van der Waals surface area contributed by atoms with E-state index in [9.17, 15) is 0 Å². The standard InChI is InChI=1S/C7H11NO/c1-6(2)7(9)4-3-5-8/h3-4,6-7,9H,1-2H3/b4-3+. The molecule has 0 spiro atoms. The van der Waals surface area contributed by atoms with Gasteiger partial charge in [0.2, 0.25) is 0 Å². The van der Waals surface area contributed by atoms with Crippen molar-refractivity contribution in [2.24, 2.45) is 5.92 Å². The highest BCUT2D eigenvalue weighted by Gasteiger charge is 2.02. The van der Waals surface area contributed by atoms with E-state index >= 15 is 0 Å². The first-order chi connectivity index (χ1) is 4.18. The summed E-state index contributed by atoms with van der Waals surface area (Å²) >= 11 is 0. The van der Waals surface area contributed by atoms with Crippen LogP contribution in [-0.2, 0) is 0 Å². The Balaban J connectivity index is 3.65. The summed E-state index contributed by atoms with van der Waals surface area (Å²) in [5, 5.41) is 17.1. The van der Waals surface area contributed by atoms with Crippen LogP contribution in [0.3, 0.4) is 0 Å². The molecular weight excluding hydrogens is 114 g/mol. The fourth-order valence-electron chi connectivity index (χ4n) is 0.364. The van der Waals surface area contributed by atoms with E-state index in [0.717, 1.165) is 0 Å². The number of aliphatic hydroxyl groups excluding tert-OH is 1. The maximum Gasteiger partial charge on any atom is 0.0909 e. The van der Waals surface area contributed by atoms with Crippen molar-refractivity contribution in [1.29, 1.82) is 5.26 Å². The molecule has 0 saturated heterocycles. The average Bonchev–Trinajstić information content (AvgIpc) is 1.82. The molecule has 0 heterocycles. The van der Waals surface area contributed by atoms with Crippen molar-refractivity contribution >= 4 is 0 Å². The van der Waals surface area contributed by atoms with E-state index in [1.165, 1.54) is 12.2 Å². The monoisotopic (exact) mass is 125 g/mol. The first-order valence-electron chi connectivity index (χ1n) is 2.93. The molecule has 50 valence electrons. The molecular formula is C7H11NO. The predicted molar refractivity (Wildman–Crippen MR) is 35.6 cm³/mol. The maximum atomic E-state index is 9.02. The number of nitrogens with zero attached hydrogens (tertiary/aromatic N) is 1. The summed E-state index contributed by atoms with van der Waals surface area (Å²) < 4.78 is 0. The van der Waals surface area contributed by atoms with Gasteiger partial charge in [0.05, 0.1) is 12.2 Å². The third kappa shape index (κ3) is 3.75. The van der Waals surface area contributed by atoms with Crippen LogP contribution >= 0.6 is 0 Å². The summed E-state index contributed by atoms with van der Waals surface area (Å²) in [5.41, 5.74) is 0. The maximum absolute atomic E-state index is 9.02.